The van der Waals surface area contributed by atoms with Gasteiger partial charge in [0, 0.05) is 6.61 Å². The van der Waals surface area contributed by atoms with Crippen LogP contribution in [0.4, 0.5) is 0 Å². The van der Waals surface area contributed by atoms with E-state index in [2.05, 4.69) is 45.9 Å². The molecule has 0 radical (unpaired) electrons. The fourth-order valence-corrected chi connectivity index (χ4v) is 8.86. The van der Waals surface area contributed by atoms with Crippen molar-refractivity contribution in [3.63, 3.8) is 0 Å². The van der Waals surface area contributed by atoms with Crippen molar-refractivity contribution in [1.82, 2.24) is 0 Å². The maximum atomic E-state index is 9.39. The highest BCUT2D eigenvalue weighted by Gasteiger charge is 2.64. The van der Waals surface area contributed by atoms with Crippen molar-refractivity contribution in [3.8, 4) is 0 Å². The summed E-state index contributed by atoms with van der Waals surface area (Å²) in [6.07, 6.45) is 18.6. The van der Waals surface area contributed by atoms with Crippen molar-refractivity contribution in [2.75, 3.05) is 6.61 Å². The number of aliphatic hydroxyl groups excluding tert-OH is 1. The number of rotatable bonds is 4. The minimum Gasteiger partial charge on any atom is -0.396 e. The summed E-state index contributed by atoms with van der Waals surface area (Å²) in [6.45, 7) is 10.2. The summed E-state index contributed by atoms with van der Waals surface area (Å²) < 4.78 is 6.75. The second kappa shape index (κ2) is 7.23. The van der Waals surface area contributed by atoms with E-state index in [1.807, 2.05) is 0 Å². The molecule has 162 valence electrons. The molecule has 0 aromatic carbocycles. The van der Waals surface area contributed by atoms with E-state index in [-0.39, 0.29) is 0 Å². The van der Waals surface area contributed by atoms with Gasteiger partial charge < -0.3 is 9.84 Å². The number of hydrogen-bond donors (Lipinski definition) is 1. The Morgan fingerprint density at radius 3 is 2.86 bits per heavy atom. The van der Waals surface area contributed by atoms with Gasteiger partial charge in [-0.2, -0.15) is 0 Å². The third-order valence-electron chi connectivity index (χ3n) is 10.5. The first kappa shape index (κ1) is 20.3. The molecule has 5 aliphatic rings. The van der Waals surface area contributed by atoms with Gasteiger partial charge in [-0.05, 0) is 103 Å². The van der Waals surface area contributed by atoms with E-state index in [0.717, 1.165) is 36.5 Å². The Labute approximate surface area is 178 Å². The molecule has 4 aliphatic carbocycles. The zero-order valence-electron chi connectivity index (χ0n) is 19.1. The number of ether oxygens (including phenoxy) is 1. The Morgan fingerprint density at radius 2 is 2.07 bits per heavy atom. The molecule has 2 nitrogen and oxygen atoms in total. The summed E-state index contributed by atoms with van der Waals surface area (Å²) in [5.41, 5.74) is 2.54. The summed E-state index contributed by atoms with van der Waals surface area (Å²) in [7, 11) is 0. The van der Waals surface area contributed by atoms with Crippen molar-refractivity contribution in [2.24, 2.45) is 46.3 Å². The zero-order chi connectivity index (χ0) is 20.4. The van der Waals surface area contributed by atoms with Gasteiger partial charge in [-0.25, -0.2) is 0 Å². The van der Waals surface area contributed by atoms with E-state index in [1.54, 1.807) is 5.57 Å². The predicted molar refractivity (Wildman–Crippen MR) is 118 cm³/mol. The molecule has 29 heavy (non-hydrogen) atoms. The van der Waals surface area contributed by atoms with Crippen LogP contribution >= 0.6 is 0 Å². The molecular formula is C27H42O2. The smallest absolute Gasteiger partial charge is 0.0618 e. The highest BCUT2D eigenvalue weighted by Crippen LogP contribution is 2.68. The van der Waals surface area contributed by atoms with Crippen molar-refractivity contribution < 1.29 is 9.84 Å². The minimum atomic E-state index is 0.306. The van der Waals surface area contributed by atoms with Crippen LogP contribution in [-0.4, -0.2) is 23.9 Å². The monoisotopic (exact) mass is 398 g/mol. The molecule has 2 saturated carbocycles. The quantitative estimate of drug-likeness (QED) is 0.615. The number of aliphatic hydroxyl groups is 1. The average Bonchev–Trinajstić information content (AvgIpc) is 3.19. The molecular weight excluding hydrogens is 356 g/mol. The summed E-state index contributed by atoms with van der Waals surface area (Å²) >= 11 is 0. The van der Waals surface area contributed by atoms with Crippen LogP contribution in [0.3, 0.4) is 0 Å². The van der Waals surface area contributed by atoms with E-state index in [1.165, 1.54) is 38.5 Å². The standard InChI is InChI=1S/C27H42O2/c1-17(16-28)8-11-23-18(2)25-24(29-23)15-22-20-10-9-19-7-5-6-13-26(19,3)21(20)12-14-27(22,25)4/h5,7,9,17-18,20-25,28H,6,8,10-16H2,1-4H3. The Morgan fingerprint density at radius 1 is 1.24 bits per heavy atom. The maximum absolute atomic E-state index is 9.39. The second-order valence-electron chi connectivity index (χ2n) is 11.9. The summed E-state index contributed by atoms with van der Waals surface area (Å²) in [4.78, 5) is 0. The molecule has 10 unspecified atom stereocenters. The Hall–Kier alpha value is -0.600. The third kappa shape index (κ3) is 2.95. The van der Waals surface area contributed by atoms with E-state index in [0.29, 0.717) is 41.5 Å². The maximum Gasteiger partial charge on any atom is 0.0618 e. The van der Waals surface area contributed by atoms with Gasteiger partial charge in [-0.15, -0.1) is 0 Å². The van der Waals surface area contributed by atoms with Gasteiger partial charge in [0.1, 0.15) is 0 Å². The van der Waals surface area contributed by atoms with Gasteiger partial charge >= 0.3 is 0 Å². The molecule has 0 bridgehead atoms. The van der Waals surface area contributed by atoms with Gasteiger partial charge in [-0.1, -0.05) is 45.9 Å². The van der Waals surface area contributed by atoms with Crippen LogP contribution in [0.15, 0.2) is 23.8 Å². The molecule has 5 rings (SSSR count). The average molecular weight is 399 g/mol. The van der Waals surface area contributed by atoms with Crippen LogP contribution in [0.1, 0.15) is 79.1 Å². The molecule has 1 aliphatic heterocycles. The molecule has 1 saturated heterocycles. The molecule has 2 heteroatoms. The summed E-state index contributed by atoms with van der Waals surface area (Å²) in [6, 6.07) is 0. The first-order valence-electron chi connectivity index (χ1n) is 12.5. The zero-order valence-corrected chi connectivity index (χ0v) is 19.1. The van der Waals surface area contributed by atoms with Gasteiger partial charge in [0.2, 0.25) is 0 Å². The molecule has 10 atom stereocenters. The van der Waals surface area contributed by atoms with E-state index >= 15 is 0 Å². The highest BCUT2D eigenvalue weighted by molar-refractivity contribution is 5.34. The lowest BCUT2D eigenvalue weighted by atomic mass is 9.47. The molecule has 1 N–H and O–H groups in total. The lowest BCUT2D eigenvalue weighted by Gasteiger charge is -2.57. The summed E-state index contributed by atoms with van der Waals surface area (Å²) in [5.74, 6) is 4.40. The lowest BCUT2D eigenvalue weighted by Crippen LogP contribution is -2.49. The SMILES string of the molecule is CC(CO)CCC1OC2CC3C4CC=C5C=CCCC5(C)C4CCC3(C)C2C1C. The first-order chi connectivity index (χ1) is 13.9. The Kier molecular flexibility index (Phi) is 5.06. The summed E-state index contributed by atoms with van der Waals surface area (Å²) in [5, 5.41) is 9.39. The predicted octanol–water partition coefficient (Wildman–Crippen LogP) is 6.15. The van der Waals surface area contributed by atoms with E-state index in [9.17, 15) is 5.11 Å². The lowest BCUT2D eigenvalue weighted by molar-refractivity contribution is -0.0475. The van der Waals surface area contributed by atoms with Crippen molar-refractivity contribution in [2.45, 2.75) is 91.3 Å². The minimum absolute atomic E-state index is 0.306. The Balaban J connectivity index is 1.36. The molecule has 0 aromatic rings. The molecule has 3 fully saturated rings. The van der Waals surface area contributed by atoms with Gasteiger partial charge in [0.25, 0.3) is 0 Å². The largest absolute Gasteiger partial charge is 0.396 e. The van der Waals surface area contributed by atoms with Crippen LogP contribution in [0.25, 0.3) is 0 Å². The molecule has 0 aromatic heterocycles. The first-order valence-corrected chi connectivity index (χ1v) is 12.5. The van der Waals surface area contributed by atoms with Crippen LogP contribution in [0.5, 0.6) is 0 Å². The van der Waals surface area contributed by atoms with Crippen LogP contribution in [0.2, 0.25) is 0 Å². The normalized spacial score (nSPS) is 51.6. The third-order valence-corrected chi connectivity index (χ3v) is 10.5. The van der Waals surface area contributed by atoms with Crippen molar-refractivity contribution >= 4 is 0 Å². The number of allylic oxidation sites excluding steroid dienone is 4. The van der Waals surface area contributed by atoms with Crippen molar-refractivity contribution in [3.05, 3.63) is 23.8 Å². The second-order valence-corrected chi connectivity index (χ2v) is 11.9. The van der Waals surface area contributed by atoms with Gasteiger partial charge in [0.05, 0.1) is 12.2 Å². The molecule has 0 amide bonds. The van der Waals surface area contributed by atoms with Crippen LogP contribution < -0.4 is 0 Å². The fraction of sp³-hybridized carbons (Fsp3) is 0.852. The van der Waals surface area contributed by atoms with Gasteiger partial charge in [0.15, 0.2) is 0 Å². The molecule has 1 heterocycles. The fourth-order valence-electron chi connectivity index (χ4n) is 8.86. The number of fused-ring (bicyclic) bond motifs is 7. The highest BCUT2D eigenvalue weighted by atomic mass is 16.5. The number of hydrogen-bond acceptors (Lipinski definition) is 2. The topological polar surface area (TPSA) is 29.5 Å². The van der Waals surface area contributed by atoms with E-state index in [4.69, 9.17) is 4.74 Å². The molecule has 0 spiro atoms. The van der Waals surface area contributed by atoms with Gasteiger partial charge in [-0.3, -0.25) is 0 Å². The van der Waals surface area contributed by atoms with Crippen LogP contribution in [-0.2, 0) is 4.74 Å². The Bertz CT molecular complexity index is 695. The van der Waals surface area contributed by atoms with E-state index < -0.39 is 0 Å². The van der Waals surface area contributed by atoms with Crippen LogP contribution in [0, 0.1) is 46.3 Å². The van der Waals surface area contributed by atoms with Crippen molar-refractivity contribution in [1.29, 1.82) is 0 Å².